The van der Waals surface area contributed by atoms with Gasteiger partial charge in [0.05, 0.1) is 6.61 Å². The van der Waals surface area contributed by atoms with E-state index < -0.39 is 0 Å². The van der Waals surface area contributed by atoms with Crippen LogP contribution in [0.2, 0.25) is 0 Å². The maximum atomic E-state index is 5.81. The maximum absolute atomic E-state index is 5.81. The molecule has 0 aromatic heterocycles. The van der Waals surface area contributed by atoms with E-state index in [-0.39, 0.29) is 6.04 Å². The molecule has 0 saturated heterocycles. The van der Waals surface area contributed by atoms with Crippen LogP contribution in [0.4, 0.5) is 0 Å². The Labute approximate surface area is 118 Å². The van der Waals surface area contributed by atoms with Crippen molar-refractivity contribution in [3.05, 3.63) is 0 Å². The predicted octanol–water partition coefficient (Wildman–Crippen LogP) is 1.43. The van der Waals surface area contributed by atoms with Gasteiger partial charge < -0.3 is 15.8 Å². The highest BCUT2D eigenvalue weighted by molar-refractivity contribution is 5.78. The first-order valence-electron chi connectivity index (χ1n) is 7.19. The lowest BCUT2D eigenvalue weighted by molar-refractivity contribution is 0.174. The van der Waals surface area contributed by atoms with Crippen molar-refractivity contribution >= 4 is 5.96 Å². The van der Waals surface area contributed by atoms with E-state index >= 15 is 0 Å². The predicted molar refractivity (Wildman–Crippen MR) is 82.6 cm³/mol. The van der Waals surface area contributed by atoms with Crippen LogP contribution in [-0.2, 0) is 4.74 Å². The number of rotatable bonds is 9. The van der Waals surface area contributed by atoms with E-state index in [0.29, 0.717) is 24.7 Å². The van der Waals surface area contributed by atoms with Crippen LogP contribution in [-0.4, -0.2) is 55.8 Å². The van der Waals surface area contributed by atoms with Gasteiger partial charge in [-0.05, 0) is 41.0 Å². The second-order valence-corrected chi connectivity index (χ2v) is 5.55. The van der Waals surface area contributed by atoms with Gasteiger partial charge in [0.15, 0.2) is 5.96 Å². The third-order valence-electron chi connectivity index (χ3n) is 2.99. The summed E-state index contributed by atoms with van der Waals surface area (Å²) >= 11 is 0. The minimum absolute atomic E-state index is 0.191. The average molecular weight is 272 g/mol. The largest absolute Gasteiger partial charge is 0.383 e. The highest BCUT2D eigenvalue weighted by atomic mass is 16.5. The molecule has 0 bridgehead atoms. The van der Waals surface area contributed by atoms with E-state index in [0.717, 1.165) is 19.5 Å². The molecule has 0 rings (SSSR count). The number of hydrogen-bond acceptors (Lipinski definition) is 3. The fraction of sp³-hybridized carbons (Fsp3) is 0.929. The Morgan fingerprint density at radius 1 is 1.21 bits per heavy atom. The minimum Gasteiger partial charge on any atom is -0.383 e. The molecule has 0 radical (unpaired) electrons. The zero-order valence-corrected chi connectivity index (χ0v) is 13.4. The average Bonchev–Trinajstić information content (AvgIpc) is 2.27. The second-order valence-electron chi connectivity index (χ2n) is 5.55. The lowest BCUT2D eigenvalue weighted by Gasteiger charge is -2.30. The van der Waals surface area contributed by atoms with E-state index in [4.69, 9.17) is 10.5 Å². The summed E-state index contributed by atoms with van der Waals surface area (Å²) in [6.07, 6.45) is 1.03. The molecular weight excluding hydrogens is 240 g/mol. The molecule has 19 heavy (non-hydrogen) atoms. The molecule has 5 nitrogen and oxygen atoms in total. The molecule has 0 saturated carbocycles. The molecule has 0 aromatic rings. The van der Waals surface area contributed by atoms with Crippen LogP contribution >= 0.6 is 0 Å². The van der Waals surface area contributed by atoms with Crippen molar-refractivity contribution < 1.29 is 4.74 Å². The third kappa shape index (κ3) is 8.83. The lowest BCUT2D eigenvalue weighted by atomic mass is 10.2. The summed E-state index contributed by atoms with van der Waals surface area (Å²) in [7, 11) is 1.68. The van der Waals surface area contributed by atoms with Gasteiger partial charge in [0.2, 0.25) is 0 Å². The number of methoxy groups -OCH3 is 1. The first kappa shape index (κ1) is 18.2. The summed E-state index contributed by atoms with van der Waals surface area (Å²) in [6, 6.07) is 1.33. The standard InChI is InChI=1S/C14H32N4O/c1-11(2)18(12(3)4)9-7-8-16-14(15)17-13(5)10-19-6/h11-13H,7-10H2,1-6H3,(H3,15,16,17). The molecule has 0 aliphatic carbocycles. The zero-order valence-electron chi connectivity index (χ0n) is 13.4. The molecule has 0 amide bonds. The Hall–Kier alpha value is -0.810. The number of nitrogens with one attached hydrogen (secondary N) is 1. The van der Waals surface area contributed by atoms with Crippen molar-refractivity contribution in [2.75, 3.05) is 26.8 Å². The normalized spacial score (nSPS) is 14.5. The quantitative estimate of drug-likeness (QED) is 0.379. The van der Waals surface area contributed by atoms with Crippen LogP contribution in [0.5, 0.6) is 0 Å². The van der Waals surface area contributed by atoms with Gasteiger partial charge >= 0.3 is 0 Å². The molecule has 0 heterocycles. The third-order valence-corrected chi connectivity index (χ3v) is 2.99. The number of aliphatic imine (C=N–C) groups is 1. The number of nitrogens with zero attached hydrogens (tertiary/aromatic N) is 2. The van der Waals surface area contributed by atoms with Gasteiger partial charge in [-0.1, -0.05) is 0 Å². The smallest absolute Gasteiger partial charge is 0.188 e. The van der Waals surface area contributed by atoms with E-state index in [1.54, 1.807) is 7.11 Å². The Balaban J connectivity index is 3.94. The van der Waals surface area contributed by atoms with Gasteiger partial charge in [-0.3, -0.25) is 9.89 Å². The first-order valence-corrected chi connectivity index (χ1v) is 7.19. The Bertz CT molecular complexity index is 246. The fourth-order valence-electron chi connectivity index (χ4n) is 2.16. The molecule has 0 fully saturated rings. The molecule has 0 aliphatic rings. The van der Waals surface area contributed by atoms with Crippen LogP contribution < -0.4 is 11.1 Å². The molecule has 114 valence electrons. The van der Waals surface area contributed by atoms with Crippen molar-refractivity contribution in [3.63, 3.8) is 0 Å². The zero-order chi connectivity index (χ0) is 14.8. The molecular formula is C14H32N4O. The molecule has 1 unspecified atom stereocenters. The summed E-state index contributed by atoms with van der Waals surface area (Å²) in [4.78, 5) is 6.80. The molecule has 1 atom stereocenters. The van der Waals surface area contributed by atoms with Crippen molar-refractivity contribution in [1.82, 2.24) is 10.2 Å². The van der Waals surface area contributed by atoms with Gasteiger partial charge in [0.1, 0.15) is 0 Å². The number of ether oxygens (including phenoxy) is 1. The fourth-order valence-corrected chi connectivity index (χ4v) is 2.16. The highest BCUT2D eigenvalue weighted by Gasteiger charge is 2.12. The number of hydrogen-bond donors (Lipinski definition) is 2. The minimum atomic E-state index is 0.191. The summed E-state index contributed by atoms with van der Waals surface area (Å²) in [5, 5.41) is 3.10. The molecule has 0 spiro atoms. The van der Waals surface area contributed by atoms with Crippen molar-refractivity contribution in [3.8, 4) is 0 Å². The van der Waals surface area contributed by atoms with Crippen LogP contribution in [0.3, 0.4) is 0 Å². The van der Waals surface area contributed by atoms with Gasteiger partial charge in [0, 0.05) is 38.3 Å². The molecule has 3 N–H and O–H groups in total. The summed E-state index contributed by atoms with van der Waals surface area (Å²) in [5.74, 6) is 0.505. The second kappa shape index (κ2) is 10.0. The van der Waals surface area contributed by atoms with E-state index in [2.05, 4.69) is 42.9 Å². The Morgan fingerprint density at radius 2 is 1.79 bits per heavy atom. The van der Waals surface area contributed by atoms with Crippen molar-refractivity contribution in [1.29, 1.82) is 0 Å². The van der Waals surface area contributed by atoms with Crippen molar-refractivity contribution in [2.45, 2.75) is 59.2 Å². The SMILES string of the molecule is COCC(C)NC(N)=NCCCN(C(C)C)C(C)C. The summed E-state index contributed by atoms with van der Waals surface area (Å²) < 4.78 is 5.03. The monoisotopic (exact) mass is 272 g/mol. The number of nitrogens with two attached hydrogens (primary N) is 1. The van der Waals surface area contributed by atoms with Gasteiger partial charge in [0.25, 0.3) is 0 Å². The van der Waals surface area contributed by atoms with E-state index in [9.17, 15) is 0 Å². The van der Waals surface area contributed by atoms with Crippen molar-refractivity contribution in [2.24, 2.45) is 10.7 Å². The topological polar surface area (TPSA) is 62.9 Å². The molecule has 0 aliphatic heterocycles. The van der Waals surface area contributed by atoms with Crippen LogP contribution in [0.25, 0.3) is 0 Å². The summed E-state index contributed by atoms with van der Waals surface area (Å²) in [5.41, 5.74) is 5.81. The van der Waals surface area contributed by atoms with Crippen LogP contribution in [0.15, 0.2) is 4.99 Å². The van der Waals surface area contributed by atoms with Gasteiger partial charge in [-0.25, -0.2) is 0 Å². The van der Waals surface area contributed by atoms with Gasteiger partial charge in [-0.2, -0.15) is 0 Å². The van der Waals surface area contributed by atoms with E-state index in [1.807, 2.05) is 6.92 Å². The van der Waals surface area contributed by atoms with Crippen LogP contribution in [0, 0.1) is 0 Å². The van der Waals surface area contributed by atoms with E-state index in [1.165, 1.54) is 0 Å². The maximum Gasteiger partial charge on any atom is 0.188 e. The molecule has 5 heteroatoms. The summed E-state index contributed by atoms with van der Waals surface area (Å²) in [6.45, 7) is 13.4. The highest BCUT2D eigenvalue weighted by Crippen LogP contribution is 2.05. The Morgan fingerprint density at radius 3 is 2.26 bits per heavy atom. The number of guanidine groups is 1. The lowest BCUT2D eigenvalue weighted by Crippen LogP contribution is -2.41. The van der Waals surface area contributed by atoms with Crippen LogP contribution in [0.1, 0.15) is 41.0 Å². The van der Waals surface area contributed by atoms with Gasteiger partial charge in [-0.15, -0.1) is 0 Å². The first-order chi connectivity index (χ1) is 8.88. The molecule has 0 aromatic carbocycles. The Kier molecular flexibility index (Phi) is 9.61.